The molecule has 2 aromatic rings. The zero-order chi connectivity index (χ0) is 15.6. The molecule has 3 N–H and O–H groups in total. The number of benzene rings is 1. The Kier molecular flexibility index (Phi) is 3.56. The van der Waals surface area contributed by atoms with Crippen LogP contribution in [0.1, 0.15) is 27.9 Å². The minimum absolute atomic E-state index is 0.285. The lowest BCUT2D eigenvalue weighted by atomic mass is 10.1. The van der Waals surface area contributed by atoms with E-state index in [2.05, 4.69) is 25.9 Å². The van der Waals surface area contributed by atoms with E-state index in [-0.39, 0.29) is 17.1 Å². The minimum Gasteiger partial charge on any atom is -0.505 e. The summed E-state index contributed by atoms with van der Waals surface area (Å²) in [6, 6.07) is 1.83. The van der Waals surface area contributed by atoms with Crippen LogP contribution < -0.4 is 5.32 Å². The van der Waals surface area contributed by atoms with Crippen LogP contribution in [-0.4, -0.2) is 42.3 Å². The molecule has 0 saturated carbocycles. The molecule has 21 heavy (non-hydrogen) atoms. The van der Waals surface area contributed by atoms with Crippen LogP contribution >= 0.6 is 0 Å². The summed E-state index contributed by atoms with van der Waals surface area (Å²) in [6.45, 7) is 1.13. The number of anilines is 1. The second-order valence-electron chi connectivity index (χ2n) is 3.89. The van der Waals surface area contributed by atoms with Crippen molar-refractivity contribution in [3.63, 3.8) is 0 Å². The van der Waals surface area contributed by atoms with E-state index in [9.17, 15) is 24.8 Å². The van der Waals surface area contributed by atoms with Crippen LogP contribution in [0.4, 0.5) is 11.4 Å². The Morgan fingerprint density at radius 1 is 1.43 bits per heavy atom. The third-order valence-corrected chi connectivity index (χ3v) is 2.48. The highest BCUT2D eigenvalue weighted by molar-refractivity contribution is 6.05. The van der Waals surface area contributed by atoms with Crippen LogP contribution in [0.5, 0.6) is 5.75 Å². The van der Waals surface area contributed by atoms with Crippen molar-refractivity contribution in [1.82, 2.24) is 20.6 Å². The van der Waals surface area contributed by atoms with Gasteiger partial charge in [0.2, 0.25) is 0 Å². The van der Waals surface area contributed by atoms with E-state index in [0.29, 0.717) is 0 Å². The maximum atomic E-state index is 11.7. The Balaban J connectivity index is 2.45. The Morgan fingerprint density at radius 3 is 2.67 bits per heavy atom. The van der Waals surface area contributed by atoms with E-state index in [1.54, 1.807) is 0 Å². The summed E-state index contributed by atoms with van der Waals surface area (Å²) in [5.41, 5.74) is -1.04. The number of phenols is 1. The first-order valence-corrected chi connectivity index (χ1v) is 5.47. The number of phenolic OH excluding ortho intramolecular Hbond substituents is 1. The summed E-state index contributed by atoms with van der Waals surface area (Å²) in [6.07, 6.45) is 0. The number of non-ortho nitro benzene ring substituents is 1. The SMILES string of the molecule is CC(=O)c1cc([N+](=O)[O-])cc(NC(=O)c2nn[nH]n2)c1O. The number of aromatic hydroxyl groups is 1. The Labute approximate surface area is 116 Å². The van der Waals surface area contributed by atoms with E-state index < -0.39 is 28.1 Å². The molecule has 1 aromatic carbocycles. The standard InChI is InChI=1S/C10H8N6O5/c1-4(17)6-2-5(16(20)21)3-7(8(6)18)11-10(19)9-12-14-15-13-9/h2-3,18H,1H3,(H,11,19)(H,12,13,14,15). The lowest BCUT2D eigenvalue weighted by Gasteiger charge is -2.08. The normalized spacial score (nSPS) is 10.1. The van der Waals surface area contributed by atoms with Crippen LogP contribution in [0.2, 0.25) is 0 Å². The highest BCUT2D eigenvalue weighted by Crippen LogP contribution is 2.33. The first-order valence-electron chi connectivity index (χ1n) is 5.47. The summed E-state index contributed by atoms with van der Waals surface area (Å²) in [5, 5.41) is 34.9. The molecule has 0 bridgehead atoms. The van der Waals surface area contributed by atoms with Gasteiger partial charge < -0.3 is 10.4 Å². The fourth-order valence-electron chi connectivity index (χ4n) is 1.52. The molecule has 0 unspecified atom stereocenters. The predicted molar refractivity (Wildman–Crippen MR) is 66.9 cm³/mol. The molecule has 0 aliphatic rings. The number of nitro groups is 1. The number of carbonyl (C=O) groups excluding carboxylic acids is 2. The molecule has 0 atom stereocenters. The molecule has 11 heteroatoms. The Bertz CT molecular complexity index is 726. The van der Waals surface area contributed by atoms with Crippen molar-refractivity contribution in [1.29, 1.82) is 0 Å². The summed E-state index contributed by atoms with van der Waals surface area (Å²) in [4.78, 5) is 33.2. The van der Waals surface area contributed by atoms with Gasteiger partial charge >= 0.3 is 0 Å². The third kappa shape index (κ3) is 2.80. The van der Waals surface area contributed by atoms with Gasteiger partial charge in [-0.1, -0.05) is 0 Å². The first-order chi connectivity index (χ1) is 9.90. The van der Waals surface area contributed by atoms with Crippen molar-refractivity contribution in [2.45, 2.75) is 6.92 Å². The zero-order valence-electron chi connectivity index (χ0n) is 10.5. The Morgan fingerprint density at radius 2 is 2.14 bits per heavy atom. The van der Waals surface area contributed by atoms with Crippen LogP contribution in [0.15, 0.2) is 12.1 Å². The van der Waals surface area contributed by atoms with Gasteiger partial charge in [0.15, 0.2) is 5.78 Å². The fraction of sp³-hybridized carbons (Fsp3) is 0.100. The van der Waals surface area contributed by atoms with Crippen molar-refractivity contribution >= 4 is 23.1 Å². The molecule has 0 radical (unpaired) electrons. The van der Waals surface area contributed by atoms with Crippen molar-refractivity contribution < 1.29 is 19.6 Å². The molecule has 11 nitrogen and oxygen atoms in total. The zero-order valence-corrected chi connectivity index (χ0v) is 10.5. The molecule has 1 amide bonds. The second kappa shape index (κ2) is 5.32. The van der Waals surface area contributed by atoms with Crippen molar-refractivity contribution in [3.8, 4) is 5.75 Å². The van der Waals surface area contributed by atoms with Gasteiger partial charge in [0.25, 0.3) is 17.4 Å². The van der Waals surface area contributed by atoms with Crippen molar-refractivity contribution in [2.24, 2.45) is 0 Å². The second-order valence-corrected chi connectivity index (χ2v) is 3.89. The predicted octanol–water partition coefficient (Wildman–Crippen LogP) is 0.268. The number of aromatic nitrogens is 4. The quantitative estimate of drug-likeness (QED) is 0.312. The number of H-pyrrole nitrogens is 1. The summed E-state index contributed by atoms with van der Waals surface area (Å²) < 4.78 is 0. The van der Waals surface area contributed by atoms with Gasteiger partial charge in [0.05, 0.1) is 16.2 Å². The molecule has 0 saturated heterocycles. The van der Waals surface area contributed by atoms with E-state index in [0.717, 1.165) is 19.1 Å². The monoisotopic (exact) mass is 292 g/mol. The number of hydrogen-bond donors (Lipinski definition) is 3. The van der Waals surface area contributed by atoms with Gasteiger partial charge in [-0.2, -0.15) is 5.21 Å². The summed E-state index contributed by atoms with van der Waals surface area (Å²) in [5.74, 6) is -2.35. The number of nitrogens with one attached hydrogen (secondary N) is 2. The van der Waals surface area contributed by atoms with E-state index in [1.165, 1.54) is 0 Å². The highest BCUT2D eigenvalue weighted by atomic mass is 16.6. The number of carbonyl (C=O) groups is 2. The van der Waals surface area contributed by atoms with Crippen LogP contribution in [-0.2, 0) is 0 Å². The summed E-state index contributed by atoms with van der Waals surface area (Å²) in [7, 11) is 0. The number of ketones is 1. The van der Waals surface area contributed by atoms with Gasteiger partial charge in [-0.05, 0) is 12.1 Å². The number of nitrogens with zero attached hydrogens (tertiary/aromatic N) is 4. The largest absolute Gasteiger partial charge is 0.505 e. The van der Waals surface area contributed by atoms with Crippen molar-refractivity contribution in [2.75, 3.05) is 5.32 Å². The molecule has 108 valence electrons. The molecule has 1 heterocycles. The number of rotatable bonds is 4. The third-order valence-electron chi connectivity index (χ3n) is 2.48. The van der Waals surface area contributed by atoms with Gasteiger partial charge in [-0.15, -0.1) is 10.2 Å². The van der Waals surface area contributed by atoms with E-state index in [4.69, 9.17) is 0 Å². The maximum Gasteiger partial charge on any atom is 0.297 e. The molecule has 0 spiro atoms. The Hall–Kier alpha value is -3.37. The van der Waals surface area contributed by atoms with Crippen LogP contribution in [0.25, 0.3) is 0 Å². The topological polar surface area (TPSA) is 164 Å². The molecular weight excluding hydrogens is 284 g/mol. The average Bonchev–Trinajstić information content (AvgIpc) is 2.94. The first kappa shape index (κ1) is 14.0. The maximum absolute atomic E-state index is 11.7. The van der Waals surface area contributed by atoms with Crippen molar-refractivity contribution in [3.05, 3.63) is 33.6 Å². The van der Waals surface area contributed by atoms with Crippen LogP contribution in [0.3, 0.4) is 0 Å². The molecule has 0 fully saturated rings. The number of aromatic amines is 1. The molecule has 1 aromatic heterocycles. The number of tetrazole rings is 1. The van der Waals surface area contributed by atoms with Gasteiger partial charge in [0, 0.05) is 12.1 Å². The number of nitro benzene ring substituents is 1. The van der Waals surface area contributed by atoms with E-state index in [1.807, 2.05) is 0 Å². The van der Waals surface area contributed by atoms with Crippen LogP contribution in [0, 0.1) is 10.1 Å². The van der Waals surface area contributed by atoms with Gasteiger partial charge in [-0.3, -0.25) is 19.7 Å². The van der Waals surface area contributed by atoms with Gasteiger partial charge in [-0.25, -0.2) is 0 Å². The molecule has 0 aliphatic carbocycles. The van der Waals surface area contributed by atoms with Gasteiger partial charge in [0.1, 0.15) is 5.75 Å². The molecule has 0 aliphatic heterocycles. The molecule has 2 rings (SSSR count). The van der Waals surface area contributed by atoms with E-state index >= 15 is 0 Å². The number of Topliss-reactive ketones (excluding diaryl/α,β-unsaturated/α-hetero) is 1. The smallest absolute Gasteiger partial charge is 0.297 e. The highest BCUT2D eigenvalue weighted by Gasteiger charge is 2.21. The minimum atomic E-state index is -0.853. The fourth-order valence-corrected chi connectivity index (χ4v) is 1.52. The molecular formula is C10H8N6O5. The lowest BCUT2D eigenvalue weighted by molar-refractivity contribution is -0.384. The lowest BCUT2D eigenvalue weighted by Crippen LogP contribution is -2.14. The number of amides is 1. The summed E-state index contributed by atoms with van der Waals surface area (Å²) >= 11 is 0. The number of hydrogen-bond acceptors (Lipinski definition) is 8. The average molecular weight is 292 g/mol.